The summed E-state index contributed by atoms with van der Waals surface area (Å²) in [6, 6.07) is 3.68. The Balaban J connectivity index is 2.23. The van der Waals surface area contributed by atoms with Crippen molar-refractivity contribution in [3.8, 4) is 0 Å². The monoisotopic (exact) mass is 365 g/mol. The minimum atomic E-state index is 0.287. The maximum Gasteiger partial charge on any atom is 0.150 e. The van der Waals surface area contributed by atoms with Crippen LogP contribution in [0.5, 0.6) is 0 Å². The first-order valence-electron chi connectivity index (χ1n) is 5.03. The van der Waals surface area contributed by atoms with E-state index in [-0.39, 0.29) is 5.82 Å². The lowest BCUT2D eigenvalue weighted by Gasteiger charge is -2.19. The number of thiophene rings is 1. The van der Waals surface area contributed by atoms with E-state index in [0.29, 0.717) is 22.4 Å². The zero-order chi connectivity index (χ0) is 13.3. The minimum absolute atomic E-state index is 0.287. The molecule has 0 saturated carbocycles. The Morgan fingerprint density at radius 2 is 2.11 bits per heavy atom. The van der Waals surface area contributed by atoms with Gasteiger partial charge in [0.1, 0.15) is 11.6 Å². The van der Waals surface area contributed by atoms with Crippen LogP contribution in [0.4, 0.5) is 11.6 Å². The van der Waals surface area contributed by atoms with Crippen LogP contribution < -0.4 is 10.6 Å². The van der Waals surface area contributed by atoms with Crippen LogP contribution in [0.2, 0.25) is 10.0 Å². The highest BCUT2D eigenvalue weighted by atomic mass is 79.9. The largest absolute Gasteiger partial charge is 0.382 e. The van der Waals surface area contributed by atoms with Gasteiger partial charge in [0.15, 0.2) is 0 Å². The molecule has 18 heavy (non-hydrogen) atoms. The van der Waals surface area contributed by atoms with E-state index in [0.717, 1.165) is 4.47 Å². The van der Waals surface area contributed by atoms with Crippen LogP contribution in [0.25, 0.3) is 0 Å². The SMILES string of the molecule is CN(Cc1cc(Br)cs1)c1nc(N)c(Cl)cc1Cl. The molecule has 0 unspecified atom stereocenters. The molecule has 0 atom stereocenters. The fourth-order valence-electron chi connectivity index (χ4n) is 1.48. The van der Waals surface area contributed by atoms with E-state index in [1.165, 1.54) is 4.88 Å². The molecule has 96 valence electrons. The summed E-state index contributed by atoms with van der Waals surface area (Å²) >= 11 is 17.1. The summed E-state index contributed by atoms with van der Waals surface area (Å²) in [6.07, 6.45) is 0. The fraction of sp³-hybridized carbons (Fsp3) is 0.182. The summed E-state index contributed by atoms with van der Waals surface area (Å²) in [4.78, 5) is 7.35. The first kappa shape index (κ1) is 13.9. The Hall–Kier alpha value is -0.490. The molecule has 0 aliphatic carbocycles. The maximum absolute atomic E-state index is 6.12. The normalized spacial score (nSPS) is 10.7. The number of pyridine rings is 1. The van der Waals surface area contributed by atoms with E-state index < -0.39 is 0 Å². The lowest BCUT2D eigenvalue weighted by molar-refractivity contribution is 0.914. The van der Waals surface area contributed by atoms with E-state index in [2.05, 4.69) is 27.0 Å². The third-order valence-corrected chi connectivity index (χ3v) is 4.58. The highest BCUT2D eigenvalue weighted by Gasteiger charge is 2.12. The minimum Gasteiger partial charge on any atom is -0.382 e. The highest BCUT2D eigenvalue weighted by Crippen LogP contribution is 2.31. The predicted octanol–water partition coefficient (Wildman–Crippen LogP) is 4.43. The molecule has 0 fully saturated rings. The van der Waals surface area contributed by atoms with Crippen molar-refractivity contribution in [2.24, 2.45) is 0 Å². The molecule has 0 spiro atoms. The van der Waals surface area contributed by atoms with Crippen molar-refractivity contribution in [2.75, 3.05) is 17.7 Å². The predicted molar refractivity (Wildman–Crippen MR) is 82.8 cm³/mol. The van der Waals surface area contributed by atoms with Gasteiger partial charge in [-0.15, -0.1) is 11.3 Å². The number of rotatable bonds is 3. The Labute approximate surface area is 128 Å². The number of nitrogens with two attached hydrogens (primary N) is 1. The average Bonchev–Trinajstić information content (AvgIpc) is 2.69. The van der Waals surface area contributed by atoms with Gasteiger partial charge in [0, 0.05) is 21.8 Å². The lowest BCUT2D eigenvalue weighted by Crippen LogP contribution is -2.18. The lowest BCUT2D eigenvalue weighted by atomic mass is 10.4. The summed E-state index contributed by atoms with van der Waals surface area (Å²) in [7, 11) is 1.91. The second-order valence-corrected chi connectivity index (χ2v) is 6.47. The molecule has 0 bridgehead atoms. The summed E-state index contributed by atoms with van der Waals surface area (Å²) in [5.74, 6) is 0.915. The second-order valence-electron chi connectivity index (χ2n) is 3.75. The molecule has 0 aliphatic heterocycles. The Morgan fingerprint density at radius 1 is 1.39 bits per heavy atom. The Kier molecular flexibility index (Phi) is 4.37. The molecule has 2 N–H and O–H groups in total. The smallest absolute Gasteiger partial charge is 0.150 e. The van der Waals surface area contributed by atoms with Gasteiger partial charge in [0.2, 0.25) is 0 Å². The fourth-order valence-corrected chi connectivity index (χ4v) is 3.49. The molecule has 0 aromatic carbocycles. The molecule has 3 nitrogen and oxygen atoms in total. The van der Waals surface area contributed by atoms with E-state index in [1.54, 1.807) is 17.4 Å². The highest BCUT2D eigenvalue weighted by molar-refractivity contribution is 9.10. The van der Waals surface area contributed by atoms with Crippen LogP contribution >= 0.6 is 50.5 Å². The third-order valence-electron chi connectivity index (χ3n) is 2.31. The van der Waals surface area contributed by atoms with Crippen LogP contribution in [-0.4, -0.2) is 12.0 Å². The Bertz CT molecular complexity index is 573. The van der Waals surface area contributed by atoms with Crippen molar-refractivity contribution in [3.05, 3.63) is 36.9 Å². The van der Waals surface area contributed by atoms with Crippen LogP contribution in [0.1, 0.15) is 4.88 Å². The van der Waals surface area contributed by atoms with Gasteiger partial charge in [0.25, 0.3) is 0 Å². The van der Waals surface area contributed by atoms with Gasteiger partial charge in [-0.2, -0.15) is 0 Å². The molecular weight excluding hydrogens is 357 g/mol. The van der Waals surface area contributed by atoms with E-state index in [1.807, 2.05) is 17.3 Å². The molecule has 7 heteroatoms. The van der Waals surface area contributed by atoms with Crippen LogP contribution in [-0.2, 0) is 6.54 Å². The first-order chi connectivity index (χ1) is 8.47. The van der Waals surface area contributed by atoms with Crippen molar-refractivity contribution in [2.45, 2.75) is 6.54 Å². The van der Waals surface area contributed by atoms with E-state index in [9.17, 15) is 0 Å². The summed E-state index contributed by atoms with van der Waals surface area (Å²) < 4.78 is 1.07. The van der Waals surface area contributed by atoms with Crippen LogP contribution in [0.3, 0.4) is 0 Å². The van der Waals surface area contributed by atoms with Crippen molar-refractivity contribution in [1.82, 2.24) is 4.98 Å². The van der Waals surface area contributed by atoms with E-state index >= 15 is 0 Å². The van der Waals surface area contributed by atoms with Gasteiger partial charge in [-0.25, -0.2) is 4.98 Å². The first-order valence-corrected chi connectivity index (χ1v) is 7.46. The van der Waals surface area contributed by atoms with E-state index in [4.69, 9.17) is 28.9 Å². The van der Waals surface area contributed by atoms with Gasteiger partial charge >= 0.3 is 0 Å². The van der Waals surface area contributed by atoms with Crippen molar-refractivity contribution >= 4 is 62.1 Å². The zero-order valence-corrected chi connectivity index (χ0v) is 13.4. The van der Waals surface area contributed by atoms with Crippen LogP contribution in [0.15, 0.2) is 22.0 Å². The third kappa shape index (κ3) is 3.09. The number of hydrogen-bond donors (Lipinski definition) is 1. The topological polar surface area (TPSA) is 42.2 Å². The quantitative estimate of drug-likeness (QED) is 0.873. The van der Waals surface area contributed by atoms with Gasteiger partial charge in [-0.05, 0) is 28.1 Å². The standard InChI is InChI=1S/C11H10BrCl2N3S/c1-17(4-7-2-6(12)5-18-7)11-9(14)3-8(13)10(15)16-11/h2-3,5H,4H2,1H3,(H2,15,16). The molecule has 2 aromatic rings. The molecule has 0 saturated heterocycles. The number of hydrogen-bond acceptors (Lipinski definition) is 4. The molecule has 0 aliphatic rings. The number of anilines is 2. The summed E-state index contributed by atoms with van der Waals surface area (Å²) in [5, 5.41) is 2.90. The zero-order valence-electron chi connectivity index (χ0n) is 9.45. The Morgan fingerprint density at radius 3 is 2.72 bits per heavy atom. The van der Waals surface area contributed by atoms with Crippen LogP contribution in [0, 0.1) is 0 Å². The number of halogens is 3. The molecular formula is C11H10BrCl2N3S. The molecule has 2 aromatic heterocycles. The molecule has 2 rings (SSSR count). The maximum atomic E-state index is 6.12. The van der Waals surface area contributed by atoms with Crippen molar-refractivity contribution < 1.29 is 0 Å². The van der Waals surface area contributed by atoms with Crippen molar-refractivity contribution in [3.63, 3.8) is 0 Å². The second kappa shape index (κ2) is 5.65. The number of nitrogen functional groups attached to an aromatic ring is 1. The number of nitrogens with zero attached hydrogens (tertiary/aromatic N) is 2. The number of aromatic nitrogens is 1. The van der Waals surface area contributed by atoms with Gasteiger partial charge < -0.3 is 10.6 Å². The summed E-state index contributed by atoms with van der Waals surface area (Å²) in [5.41, 5.74) is 5.69. The molecule has 0 amide bonds. The van der Waals surface area contributed by atoms with Gasteiger partial charge in [0.05, 0.1) is 16.6 Å². The van der Waals surface area contributed by atoms with Gasteiger partial charge in [-0.3, -0.25) is 0 Å². The molecule has 2 heterocycles. The average molecular weight is 367 g/mol. The van der Waals surface area contributed by atoms with Crippen molar-refractivity contribution in [1.29, 1.82) is 0 Å². The molecule has 0 radical (unpaired) electrons. The summed E-state index contributed by atoms with van der Waals surface area (Å²) in [6.45, 7) is 0.712. The van der Waals surface area contributed by atoms with Gasteiger partial charge in [-0.1, -0.05) is 23.2 Å².